The van der Waals surface area contributed by atoms with E-state index in [2.05, 4.69) is 10.6 Å². The van der Waals surface area contributed by atoms with Crippen molar-refractivity contribution < 1.29 is 38.1 Å². The van der Waals surface area contributed by atoms with Crippen LogP contribution < -0.4 is 16.4 Å². The Morgan fingerprint density at radius 1 is 0.842 bits per heavy atom. The summed E-state index contributed by atoms with van der Waals surface area (Å²) in [6.07, 6.45) is 1.67. The number of ether oxygens (including phenoxy) is 5. The Morgan fingerprint density at radius 2 is 1.47 bits per heavy atom. The number of hydrogen-bond donors (Lipinski definition) is 3. The molecule has 0 unspecified atom stereocenters. The molecule has 1 aromatic carbocycles. The molecule has 11 nitrogen and oxygen atoms in total. The summed E-state index contributed by atoms with van der Waals surface area (Å²) in [5, 5.41) is 5.42. The quantitative estimate of drug-likeness (QED) is 0.168. The minimum absolute atomic E-state index is 0.191. The molecule has 0 aliphatic rings. The van der Waals surface area contributed by atoms with Gasteiger partial charge in [0.2, 0.25) is 5.91 Å². The smallest absolute Gasteiger partial charge is 0.407 e. The normalized spacial score (nSPS) is 12.0. The first kappa shape index (κ1) is 33.3. The monoisotopic (exact) mass is 539 g/mol. The van der Waals surface area contributed by atoms with E-state index in [1.54, 1.807) is 20.8 Å². The molecule has 0 fully saturated rings. The minimum atomic E-state index is -0.606. The fourth-order valence-electron chi connectivity index (χ4n) is 3.01. The lowest BCUT2D eigenvalue weighted by molar-refractivity contribution is -0.146. The van der Waals surface area contributed by atoms with Crippen LogP contribution in [0.25, 0.3) is 0 Å². The number of carbonyl (C=O) groups is 3. The molecule has 1 atom stereocenters. The van der Waals surface area contributed by atoms with Crippen molar-refractivity contribution in [2.45, 2.75) is 64.7 Å². The fraction of sp³-hybridized carbons (Fsp3) is 0.667. The first-order valence-electron chi connectivity index (χ1n) is 13.1. The third-order valence-electron chi connectivity index (χ3n) is 4.93. The molecule has 0 aromatic heterocycles. The van der Waals surface area contributed by atoms with E-state index in [1.807, 2.05) is 30.3 Å². The van der Waals surface area contributed by atoms with Gasteiger partial charge in [0, 0.05) is 13.1 Å². The summed E-state index contributed by atoms with van der Waals surface area (Å²) in [5.74, 6) is -0.533. The van der Waals surface area contributed by atoms with Crippen molar-refractivity contribution in [1.82, 2.24) is 10.6 Å². The van der Waals surface area contributed by atoms with Gasteiger partial charge in [0.15, 0.2) is 0 Å². The highest BCUT2D eigenvalue weighted by Gasteiger charge is 2.16. The molecular formula is C27H45N3O8. The summed E-state index contributed by atoms with van der Waals surface area (Å²) in [6, 6.07) is 8.89. The van der Waals surface area contributed by atoms with Gasteiger partial charge in [-0.15, -0.1) is 0 Å². The van der Waals surface area contributed by atoms with E-state index in [0.717, 1.165) is 5.56 Å². The fourth-order valence-corrected chi connectivity index (χ4v) is 3.01. The Labute approximate surface area is 226 Å². The SMILES string of the molecule is CC(C)(C)OC(=O)NCCCC[C@H](N)C(=O)NCCOCCOCCOCCC(=O)OCc1ccccc1. The van der Waals surface area contributed by atoms with Crippen LogP contribution in [0.2, 0.25) is 0 Å². The maximum absolute atomic E-state index is 12.0. The van der Waals surface area contributed by atoms with Crippen LogP contribution in [-0.2, 0) is 39.9 Å². The second kappa shape index (κ2) is 20.3. The van der Waals surface area contributed by atoms with Gasteiger partial charge in [0.1, 0.15) is 12.2 Å². The Balaban J connectivity index is 1.86. The van der Waals surface area contributed by atoms with Gasteiger partial charge in [-0.05, 0) is 45.6 Å². The highest BCUT2D eigenvalue weighted by Crippen LogP contribution is 2.06. The number of benzene rings is 1. The zero-order valence-corrected chi connectivity index (χ0v) is 23.0. The molecule has 0 radical (unpaired) electrons. The average Bonchev–Trinajstić information content (AvgIpc) is 2.87. The van der Waals surface area contributed by atoms with Crippen molar-refractivity contribution in [2.24, 2.45) is 5.73 Å². The van der Waals surface area contributed by atoms with E-state index >= 15 is 0 Å². The van der Waals surface area contributed by atoms with E-state index in [4.69, 9.17) is 29.4 Å². The first-order chi connectivity index (χ1) is 18.2. The highest BCUT2D eigenvalue weighted by molar-refractivity contribution is 5.81. The maximum Gasteiger partial charge on any atom is 0.407 e. The number of hydrogen-bond acceptors (Lipinski definition) is 9. The van der Waals surface area contributed by atoms with Crippen LogP contribution in [0, 0.1) is 0 Å². The maximum atomic E-state index is 12.0. The number of alkyl carbamates (subject to hydrolysis) is 1. The Hall–Kier alpha value is -2.73. The summed E-state index contributed by atoms with van der Waals surface area (Å²) in [7, 11) is 0. The van der Waals surface area contributed by atoms with Crippen molar-refractivity contribution >= 4 is 18.0 Å². The van der Waals surface area contributed by atoms with Gasteiger partial charge in [0.25, 0.3) is 0 Å². The second-order valence-electron chi connectivity index (χ2n) is 9.56. The zero-order chi connectivity index (χ0) is 28.1. The van der Waals surface area contributed by atoms with Crippen LogP contribution in [0.1, 0.15) is 52.0 Å². The first-order valence-corrected chi connectivity index (χ1v) is 13.1. The molecule has 1 aromatic rings. The van der Waals surface area contributed by atoms with Crippen LogP contribution in [-0.4, -0.2) is 82.3 Å². The molecule has 2 amide bonds. The molecule has 0 heterocycles. The third-order valence-corrected chi connectivity index (χ3v) is 4.93. The predicted molar refractivity (Wildman–Crippen MR) is 142 cm³/mol. The van der Waals surface area contributed by atoms with Gasteiger partial charge in [0.05, 0.1) is 52.1 Å². The lowest BCUT2D eigenvalue weighted by atomic mass is 10.1. The lowest BCUT2D eigenvalue weighted by Gasteiger charge is -2.19. The molecular weight excluding hydrogens is 494 g/mol. The van der Waals surface area contributed by atoms with Crippen molar-refractivity contribution in [3.63, 3.8) is 0 Å². The van der Waals surface area contributed by atoms with Crippen LogP contribution in [0.15, 0.2) is 30.3 Å². The summed E-state index contributed by atoms with van der Waals surface area (Å²) in [6.45, 7) is 8.67. The number of unbranched alkanes of at least 4 members (excludes halogenated alkanes) is 1. The molecule has 0 aliphatic heterocycles. The van der Waals surface area contributed by atoms with E-state index in [1.165, 1.54) is 0 Å². The number of nitrogens with one attached hydrogen (secondary N) is 2. The number of carbonyl (C=O) groups excluding carboxylic acids is 3. The molecule has 0 saturated heterocycles. The Bertz CT molecular complexity index is 786. The van der Waals surface area contributed by atoms with E-state index in [-0.39, 0.29) is 31.5 Å². The Kier molecular flexibility index (Phi) is 17.8. The van der Waals surface area contributed by atoms with Gasteiger partial charge in [-0.25, -0.2) is 4.79 Å². The Morgan fingerprint density at radius 3 is 2.13 bits per heavy atom. The molecule has 0 bridgehead atoms. The van der Waals surface area contributed by atoms with Crippen LogP contribution in [0.3, 0.4) is 0 Å². The van der Waals surface area contributed by atoms with Crippen LogP contribution in [0.4, 0.5) is 4.79 Å². The van der Waals surface area contributed by atoms with Gasteiger partial charge in [-0.3, -0.25) is 9.59 Å². The van der Waals surface area contributed by atoms with Crippen molar-refractivity contribution in [1.29, 1.82) is 0 Å². The van der Waals surface area contributed by atoms with Crippen molar-refractivity contribution in [3.8, 4) is 0 Å². The van der Waals surface area contributed by atoms with Crippen molar-refractivity contribution in [2.75, 3.05) is 52.7 Å². The van der Waals surface area contributed by atoms with E-state index < -0.39 is 17.7 Å². The van der Waals surface area contributed by atoms with Crippen LogP contribution >= 0.6 is 0 Å². The number of rotatable bonds is 20. The molecule has 216 valence electrons. The second-order valence-corrected chi connectivity index (χ2v) is 9.56. The zero-order valence-electron chi connectivity index (χ0n) is 23.0. The summed E-state index contributed by atoms with van der Waals surface area (Å²) < 4.78 is 26.5. The lowest BCUT2D eigenvalue weighted by Crippen LogP contribution is -2.42. The summed E-state index contributed by atoms with van der Waals surface area (Å²) >= 11 is 0. The average molecular weight is 540 g/mol. The largest absolute Gasteiger partial charge is 0.461 e. The molecule has 1 rings (SSSR count). The van der Waals surface area contributed by atoms with Gasteiger partial charge in [-0.1, -0.05) is 30.3 Å². The van der Waals surface area contributed by atoms with Crippen LogP contribution in [0.5, 0.6) is 0 Å². The molecule has 0 saturated carbocycles. The molecule has 4 N–H and O–H groups in total. The number of esters is 1. The molecule has 38 heavy (non-hydrogen) atoms. The van der Waals surface area contributed by atoms with Gasteiger partial charge in [-0.2, -0.15) is 0 Å². The van der Waals surface area contributed by atoms with E-state index in [9.17, 15) is 14.4 Å². The van der Waals surface area contributed by atoms with E-state index in [0.29, 0.717) is 65.4 Å². The van der Waals surface area contributed by atoms with Gasteiger partial charge >= 0.3 is 12.1 Å². The summed E-state index contributed by atoms with van der Waals surface area (Å²) in [5.41, 5.74) is 6.32. The summed E-state index contributed by atoms with van der Waals surface area (Å²) in [4.78, 5) is 35.3. The molecule has 0 spiro atoms. The minimum Gasteiger partial charge on any atom is -0.461 e. The standard InChI is InChI=1S/C27H45N3O8/c1-27(2,3)38-26(33)30-13-8-7-11-23(28)25(32)29-14-16-35-18-20-36-19-17-34-15-12-24(31)37-21-22-9-5-4-6-10-22/h4-6,9-10,23H,7-8,11-21,28H2,1-3H3,(H,29,32)(H,30,33)/t23-/m0/s1. The number of nitrogens with two attached hydrogens (primary N) is 1. The molecule has 0 aliphatic carbocycles. The predicted octanol–water partition coefficient (Wildman–Crippen LogP) is 2.31. The number of amides is 2. The molecule has 11 heteroatoms. The van der Waals surface area contributed by atoms with Gasteiger partial charge < -0.3 is 40.1 Å². The topological polar surface area (TPSA) is 147 Å². The van der Waals surface area contributed by atoms with Crippen molar-refractivity contribution in [3.05, 3.63) is 35.9 Å². The third kappa shape index (κ3) is 19.4. The highest BCUT2D eigenvalue weighted by atomic mass is 16.6.